The standard InChI is InChI=1S/C14H15ClO4/c1-4-18-14(17)13(16)10-6-5-7-11(12(10)15)19-8-9(2)3/h5-7H,2,4,8H2,1,3H3. The van der Waals surface area contributed by atoms with Gasteiger partial charge in [0.15, 0.2) is 0 Å². The molecule has 0 radical (unpaired) electrons. The normalized spacial score (nSPS) is 9.84. The van der Waals surface area contributed by atoms with Crippen molar-refractivity contribution in [2.24, 2.45) is 0 Å². The Morgan fingerprint density at radius 1 is 1.37 bits per heavy atom. The van der Waals surface area contributed by atoms with Gasteiger partial charge in [0.05, 0.1) is 17.2 Å². The summed E-state index contributed by atoms with van der Waals surface area (Å²) in [5, 5.41) is 0.0989. The fourth-order valence-electron chi connectivity index (χ4n) is 1.31. The van der Waals surface area contributed by atoms with Crippen LogP contribution in [-0.2, 0) is 9.53 Å². The second kappa shape index (κ2) is 6.95. The lowest BCUT2D eigenvalue weighted by Gasteiger charge is -2.10. The van der Waals surface area contributed by atoms with E-state index in [-0.39, 0.29) is 23.8 Å². The number of halogens is 1. The number of carbonyl (C=O) groups is 2. The van der Waals surface area contributed by atoms with Crippen molar-refractivity contribution in [1.29, 1.82) is 0 Å². The Labute approximate surface area is 117 Å². The first-order chi connectivity index (χ1) is 8.97. The minimum Gasteiger partial charge on any atom is -0.488 e. The Hall–Kier alpha value is -1.81. The van der Waals surface area contributed by atoms with E-state index in [4.69, 9.17) is 16.3 Å². The number of hydrogen-bond acceptors (Lipinski definition) is 4. The molecule has 102 valence electrons. The first-order valence-corrected chi connectivity index (χ1v) is 6.12. The molecule has 0 aliphatic carbocycles. The molecular weight excluding hydrogens is 268 g/mol. The second-order valence-corrected chi connectivity index (χ2v) is 4.29. The smallest absolute Gasteiger partial charge is 0.379 e. The van der Waals surface area contributed by atoms with Crippen molar-refractivity contribution in [2.45, 2.75) is 13.8 Å². The molecule has 0 amide bonds. The first-order valence-electron chi connectivity index (χ1n) is 5.74. The topological polar surface area (TPSA) is 52.6 Å². The molecule has 0 saturated heterocycles. The van der Waals surface area contributed by atoms with E-state index >= 15 is 0 Å². The molecule has 0 saturated carbocycles. The number of ketones is 1. The van der Waals surface area contributed by atoms with Gasteiger partial charge in [-0.05, 0) is 31.6 Å². The fourth-order valence-corrected chi connectivity index (χ4v) is 1.57. The van der Waals surface area contributed by atoms with Gasteiger partial charge in [-0.2, -0.15) is 0 Å². The van der Waals surface area contributed by atoms with Gasteiger partial charge in [-0.25, -0.2) is 4.79 Å². The summed E-state index contributed by atoms with van der Waals surface area (Å²) in [5.41, 5.74) is 0.887. The molecule has 0 spiro atoms. The minimum absolute atomic E-state index is 0.0688. The van der Waals surface area contributed by atoms with Crippen LogP contribution in [-0.4, -0.2) is 25.0 Å². The molecular formula is C14H15ClO4. The van der Waals surface area contributed by atoms with E-state index in [0.29, 0.717) is 5.75 Å². The molecule has 0 aliphatic rings. The van der Waals surface area contributed by atoms with Crippen LogP contribution in [0.3, 0.4) is 0 Å². The van der Waals surface area contributed by atoms with Gasteiger partial charge >= 0.3 is 5.97 Å². The van der Waals surface area contributed by atoms with Gasteiger partial charge in [0.2, 0.25) is 0 Å². The maximum atomic E-state index is 11.8. The third-order valence-corrected chi connectivity index (χ3v) is 2.53. The summed E-state index contributed by atoms with van der Waals surface area (Å²) in [7, 11) is 0. The fraction of sp³-hybridized carbons (Fsp3) is 0.286. The summed E-state index contributed by atoms with van der Waals surface area (Å²) >= 11 is 6.05. The monoisotopic (exact) mass is 282 g/mol. The minimum atomic E-state index is -0.929. The van der Waals surface area contributed by atoms with Gasteiger partial charge in [0.1, 0.15) is 12.4 Å². The lowest BCUT2D eigenvalue weighted by molar-refractivity contribution is -0.137. The molecule has 0 bridgehead atoms. The molecule has 1 aromatic carbocycles. The van der Waals surface area contributed by atoms with E-state index in [1.54, 1.807) is 19.1 Å². The molecule has 1 rings (SSSR count). The number of Topliss-reactive ketones (excluding diaryl/α,β-unsaturated/α-hetero) is 1. The number of benzene rings is 1. The number of carbonyl (C=O) groups excluding carboxylic acids is 2. The SMILES string of the molecule is C=C(C)COc1cccc(C(=O)C(=O)OCC)c1Cl. The molecule has 0 unspecified atom stereocenters. The number of rotatable bonds is 6. The van der Waals surface area contributed by atoms with Gasteiger partial charge in [-0.1, -0.05) is 24.2 Å². The summed E-state index contributed by atoms with van der Waals surface area (Å²) in [4.78, 5) is 23.2. The van der Waals surface area contributed by atoms with Crippen molar-refractivity contribution in [3.63, 3.8) is 0 Å². The summed E-state index contributed by atoms with van der Waals surface area (Å²) in [5.74, 6) is -1.38. The lowest BCUT2D eigenvalue weighted by Crippen LogP contribution is -2.18. The van der Waals surface area contributed by atoms with Crippen LogP contribution in [0.5, 0.6) is 5.75 Å². The first kappa shape index (κ1) is 15.2. The van der Waals surface area contributed by atoms with Gasteiger partial charge in [0, 0.05) is 0 Å². The average Bonchev–Trinajstić information content (AvgIpc) is 2.37. The van der Waals surface area contributed by atoms with Crippen LogP contribution < -0.4 is 4.74 Å². The highest BCUT2D eigenvalue weighted by Crippen LogP contribution is 2.29. The van der Waals surface area contributed by atoms with Gasteiger partial charge in [-0.15, -0.1) is 0 Å². The van der Waals surface area contributed by atoms with Gasteiger partial charge in [0.25, 0.3) is 5.78 Å². The molecule has 0 atom stereocenters. The molecule has 5 heteroatoms. The van der Waals surface area contributed by atoms with Crippen molar-refractivity contribution in [3.05, 3.63) is 40.9 Å². The van der Waals surface area contributed by atoms with E-state index in [2.05, 4.69) is 11.3 Å². The lowest BCUT2D eigenvalue weighted by atomic mass is 10.1. The zero-order valence-electron chi connectivity index (χ0n) is 10.9. The maximum Gasteiger partial charge on any atom is 0.379 e. The van der Waals surface area contributed by atoms with Crippen molar-refractivity contribution in [1.82, 2.24) is 0 Å². The largest absolute Gasteiger partial charge is 0.488 e. The van der Waals surface area contributed by atoms with E-state index in [1.165, 1.54) is 6.07 Å². The molecule has 0 aromatic heterocycles. The highest BCUT2D eigenvalue weighted by Gasteiger charge is 2.22. The Kier molecular flexibility index (Phi) is 5.57. The Balaban J connectivity index is 2.97. The van der Waals surface area contributed by atoms with Crippen LogP contribution in [0.2, 0.25) is 5.02 Å². The predicted molar refractivity (Wildman–Crippen MR) is 72.7 cm³/mol. The van der Waals surface area contributed by atoms with Crippen LogP contribution in [0, 0.1) is 0 Å². The molecule has 19 heavy (non-hydrogen) atoms. The van der Waals surface area contributed by atoms with Crippen molar-refractivity contribution >= 4 is 23.4 Å². The van der Waals surface area contributed by atoms with E-state index in [9.17, 15) is 9.59 Å². The van der Waals surface area contributed by atoms with Crippen LogP contribution in [0.1, 0.15) is 24.2 Å². The van der Waals surface area contributed by atoms with Crippen LogP contribution in [0.15, 0.2) is 30.4 Å². The van der Waals surface area contributed by atoms with Gasteiger partial charge < -0.3 is 9.47 Å². The van der Waals surface area contributed by atoms with Crippen LogP contribution in [0.25, 0.3) is 0 Å². The zero-order valence-corrected chi connectivity index (χ0v) is 11.6. The summed E-state index contributed by atoms with van der Waals surface area (Å²) < 4.78 is 10.0. The number of ether oxygens (including phenoxy) is 2. The Morgan fingerprint density at radius 3 is 2.63 bits per heavy atom. The third kappa shape index (κ3) is 4.10. The van der Waals surface area contributed by atoms with Crippen LogP contribution in [0.4, 0.5) is 0 Å². The van der Waals surface area contributed by atoms with E-state index in [1.807, 2.05) is 6.92 Å². The number of esters is 1. The second-order valence-electron chi connectivity index (χ2n) is 3.91. The van der Waals surface area contributed by atoms with Crippen molar-refractivity contribution < 1.29 is 19.1 Å². The Morgan fingerprint density at radius 2 is 2.05 bits per heavy atom. The molecule has 0 heterocycles. The number of hydrogen-bond donors (Lipinski definition) is 0. The molecule has 4 nitrogen and oxygen atoms in total. The Bertz CT molecular complexity index is 508. The van der Waals surface area contributed by atoms with E-state index in [0.717, 1.165) is 5.57 Å². The quantitative estimate of drug-likeness (QED) is 0.348. The van der Waals surface area contributed by atoms with Crippen molar-refractivity contribution in [2.75, 3.05) is 13.2 Å². The van der Waals surface area contributed by atoms with Gasteiger partial charge in [-0.3, -0.25) is 4.79 Å². The summed E-state index contributed by atoms with van der Waals surface area (Å²) in [6.07, 6.45) is 0. The summed E-state index contributed by atoms with van der Waals surface area (Å²) in [6.45, 7) is 7.55. The highest BCUT2D eigenvalue weighted by molar-refractivity contribution is 6.46. The van der Waals surface area contributed by atoms with Crippen molar-refractivity contribution in [3.8, 4) is 5.75 Å². The van der Waals surface area contributed by atoms with E-state index < -0.39 is 11.8 Å². The van der Waals surface area contributed by atoms with Crippen LogP contribution >= 0.6 is 11.6 Å². The molecule has 0 aliphatic heterocycles. The summed E-state index contributed by atoms with van der Waals surface area (Å²) in [6, 6.07) is 4.66. The maximum absolute atomic E-state index is 11.8. The molecule has 0 fully saturated rings. The zero-order chi connectivity index (χ0) is 14.4. The predicted octanol–water partition coefficient (Wildman–Crippen LogP) is 3.04. The molecule has 1 aromatic rings. The highest BCUT2D eigenvalue weighted by atomic mass is 35.5. The third-order valence-electron chi connectivity index (χ3n) is 2.14. The molecule has 0 N–H and O–H groups in total. The average molecular weight is 283 g/mol.